The van der Waals surface area contributed by atoms with Crippen LogP contribution in [0.15, 0.2) is 30.5 Å². The van der Waals surface area contributed by atoms with Gasteiger partial charge in [0, 0.05) is 23.7 Å². The van der Waals surface area contributed by atoms with Gasteiger partial charge in [-0.25, -0.2) is 0 Å². The maximum Gasteiger partial charge on any atom is 0.0454 e. The van der Waals surface area contributed by atoms with E-state index in [0.29, 0.717) is 12.0 Å². The van der Waals surface area contributed by atoms with Crippen LogP contribution in [0.25, 0.3) is 10.9 Å². The largest absolute Gasteiger partial charge is 0.361 e. The fraction of sp³-hybridized carbons (Fsp3) is 0.385. The molecular weight excluding hydrogens is 184 g/mol. The highest BCUT2D eigenvalue weighted by atomic mass is 14.8. The third-order valence-corrected chi connectivity index (χ3v) is 3.85. The van der Waals surface area contributed by atoms with Crippen molar-refractivity contribution in [3.8, 4) is 0 Å². The average molecular weight is 200 g/mol. The number of hydrogen-bond acceptors (Lipinski definition) is 1. The third kappa shape index (κ3) is 1.15. The van der Waals surface area contributed by atoms with E-state index in [1.807, 2.05) is 6.20 Å². The Balaban J connectivity index is 2.06. The van der Waals surface area contributed by atoms with Crippen LogP contribution in [0.3, 0.4) is 0 Å². The molecule has 1 aromatic carbocycles. The van der Waals surface area contributed by atoms with E-state index >= 15 is 0 Å². The van der Waals surface area contributed by atoms with Crippen molar-refractivity contribution in [1.29, 1.82) is 0 Å². The zero-order valence-electron chi connectivity index (χ0n) is 9.12. The molecule has 2 heteroatoms. The molecule has 15 heavy (non-hydrogen) atoms. The van der Waals surface area contributed by atoms with Crippen LogP contribution in [-0.4, -0.2) is 11.0 Å². The predicted octanol–water partition coefficient (Wildman–Crippen LogP) is 2.62. The summed E-state index contributed by atoms with van der Waals surface area (Å²) < 4.78 is 0. The van der Waals surface area contributed by atoms with Gasteiger partial charge in [-0.1, -0.05) is 19.9 Å². The fourth-order valence-electron chi connectivity index (χ4n) is 2.58. The SMILES string of the molecule is CC1(C)C(N)C1c1ccc2[nH]ccc2c1. The van der Waals surface area contributed by atoms with Gasteiger partial charge in [-0.05, 0) is 34.6 Å². The highest BCUT2D eigenvalue weighted by molar-refractivity contribution is 5.80. The molecule has 0 amide bonds. The van der Waals surface area contributed by atoms with Gasteiger partial charge in [-0.2, -0.15) is 0 Å². The van der Waals surface area contributed by atoms with Gasteiger partial charge in [0.1, 0.15) is 0 Å². The molecular formula is C13H16N2. The van der Waals surface area contributed by atoms with E-state index in [1.54, 1.807) is 0 Å². The molecule has 1 aliphatic carbocycles. The molecule has 1 heterocycles. The van der Waals surface area contributed by atoms with E-state index in [0.717, 1.165) is 0 Å². The summed E-state index contributed by atoms with van der Waals surface area (Å²) in [5.74, 6) is 0.525. The summed E-state index contributed by atoms with van der Waals surface area (Å²) in [7, 11) is 0. The van der Waals surface area contributed by atoms with Gasteiger partial charge in [-0.15, -0.1) is 0 Å². The summed E-state index contributed by atoms with van der Waals surface area (Å²) in [6.45, 7) is 4.48. The molecule has 3 rings (SSSR count). The van der Waals surface area contributed by atoms with Crippen LogP contribution in [0.1, 0.15) is 25.3 Å². The molecule has 3 N–H and O–H groups in total. The third-order valence-electron chi connectivity index (χ3n) is 3.85. The summed E-state index contributed by atoms with van der Waals surface area (Å²) in [4.78, 5) is 3.21. The first-order valence-electron chi connectivity index (χ1n) is 5.43. The van der Waals surface area contributed by atoms with Crippen molar-refractivity contribution in [2.24, 2.45) is 11.1 Å². The van der Waals surface area contributed by atoms with Crippen molar-refractivity contribution < 1.29 is 0 Å². The molecule has 78 valence electrons. The number of H-pyrrole nitrogens is 1. The number of hydrogen-bond donors (Lipinski definition) is 2. The Morgan fingerprint density at radius 2 is 2.00 bits per heavy atom. The van der Waals surface area contributed by atoms with Crippen LogP contribution >= 0.6 is 0 Å². The van der Waals surface area contributed by atoms with E-state index in [9.17, 15) is 0 Å². The summed E-state index contributed by atoms with van der Waals surface area (Å²) in [5, 5.41) is 1.28. The monoisotopic (exact) mass is 200 g/mol. The Kier molecular flexibility index (Phi) is 1.58. The topological polar surface area (TPSA) is 41.8 Å². The van der Waals surface area contributed by atoms with E-state index in [2.05, 4.69) is 43.1 Å². The predicted molar refractivity (Wildman–Crippen MR) is 62.8 cm³/mol. The van der Waals surface area contributed by atoms with Gasteiger partial charge in [0.15, 0.2) is 0 Å². The maximum absolute atomic E-state index is 6.09. The van der Waals surface area contributed by atoms with Crippen LogP contribution in [0.4, 0.5) is 0 Å². The van der Waals surface area contributed by atoms with Crippen molar-refractivity contribution >= 4 is 10.9 Å². The summed E-state index contributed by atoms with van der Waals surface area (Å²) in [6, 6.07) is 9.02. The molecule has 2 unspecified atom stereocenters. The van der Waals surface area contributed by atoms with Crippen LogP contribution < -0.4 is 5.73 Å². The lowest BCUT2D eigenvalue weighted by molar-refractivity contribution is 0.599. The van der Waals surface area contributed by atoms with Gasteiger partial charge in [0.25, 0.3) is 0 Å². The van der Waals surface area contributed by atoms with E-state index in [-0.39, 0.29) is 5.41 Å². The lowest BCUT2D eigenvalue weighted by Crippen LogP contribution is -2.06. The highest BCUT2D eigenvalue weighted by Crippen LogP contribution is 2.57. The van der Waals surface area contributed by atoms with Gasteiger partial charge in [0.05, 0.1) is 0 Å². The minimum absolute atomic E-state index is 0.268. The quantitative estimate of drug-likeness (QED) is 0.730. The first kappa shape index (κ1) is 8.98. The Morgan fingerprint density at radius 1 is 1.27 bits per heavy atom. The molecule has 1 aromatic heterocycles. The zero-order valence-corrected chi connectivity index (χ0v) is 9.12. The number of fused-ring (bicyclic) bond motifs is 1. The van der Waals surface area contributed by atoms with Crippen molar-refractivity contribution in [1.82, 2.24) is 4.98 Å². The molecule has 0 spiro atoms. The highest BCUT2D eigenvalue weighted by Gasteiger charge is 2.56. The van der Waals surface area contributed by atoms with Crippen molar-refractivity contribution in [3.63, 3.8) is 0 Å². The van der Waals surface area contributed by atoms with Crippen LogP contribution in [0.5, 0.6) is 0 Å². The van der Waals surface area contributed by atoms with Gasteiger partial charge >= 0.3 is 0 Å². The number of aromatic nitrogens is 1. The van der Waals surface area contributed by atoms with E-state index in [1.165, 1.54) is 16.5 Å². The number of aromatic amines is 1. The normalized spacial score (nSPS) is 28.2. The van der Waals surface area contributed by atoms with E-state index < -0.39 is 0 Å². The first-order chi connectivity index (χ1) is 7.10. The molecule has 0 aliphatic heterocycles. The molecule has 2 atom stereocenters. The second kappa shape index (κ2) is 2.64. The summed E-state index contributed by atoms with van der Waals surface area (Å²) in [6.07, 6.45) is 1.98. The molecule has 1 saturated carbocycles. The Hall–Kier alpha value is -1.28. The Bertz CT molecular complexity index is 510. The van der Waals surface area contributed by atoms with Crippen LogP contribution in [0, 0.1) is 5.41 Å². The van der Waals surface area contributed by atoms with Crippen LogP contribution in [0.2, 0.25) is 0 Å². The number of rotatable bonds is 1. The lowest BCUT2D eigenvalue weighted by Gasteiger charge is -2.02. The molecule has 0 bridgehead atoms. The molecule has 2 nitrogen and oxygen atoms in total. The van der Waals surface area contributed by atoms with Crippen molar-refractivity contribution in [3.05, 3.63) is 36.0 Å². The Morgan fingerprint density at radius 3 is 2.67 bits per heavy atom. The van der Waals surface area contributed by atoms with Gasteiger partial charge in [-0.3, -0.25) is 0 Å². The zero-order chi connectivity index (χ0) is 10.6. The smallest absolute Gasteiger partial charge is 0.0454 e. The van der Waals surface area contributed by atoms with E-state index in [4.69, 9.17) is 5.73 Å². The van der Waals surface area contributed by atoms with Crippen molar-refractivity contribution in [2.45, 2.75) is 25.8 Å². The minimum Gasteiger partial charge on any atom is -0.361 e. The minimum atomic E-state index is 0.268. The Labute approximate surface area is 89.5 Å². The number of benzene rings is 1. The van der Waals surface area contributed by atoms with Gasteiger partial charge in [0.2, 0.25) is 0 Å². The number of nitrogens with one attached hydrogen (secondary N) is 1. The second-order valence-corrected chi connectivity index (χ2v) is 5.15. The van der Waals surface area contributed by atoms with Gasteiger partial charge < -0.3 is 10.7 Å². The number of nitrogens with two attached hydrogens (primary N) is 1. The average Bonchev–Trinajstić information content (AvgIpc) is 2.62. The fourth-order valence-corrected chi connectivity index (χ4v) is 2.58. The first-order valence-corrected chi connectivity index (χ1v) is 5.43. The van der Waals surface area contributed by atoms with Crippen LogP contribution in [-0.2, 0) is 0 Å². The second-order valence-electron chi connectivity index (χ2n) is 5.15. The lowest BCUT2D eigenvalue weighted by atomic mass is 10.0. The van der Waals surface area contributed by atoms with Crippen molar-refractivity contribution in [2.75, 3.05) is 0 Å². The summed E-state index contributed by atoms with van der Waals surface area (Å²) in [5.41, 5.74) is 8.93. The molecule has 2 aromatic rings. The summed E-state index contributed by atoms with van der Waals surface area (Å²) >= 11 is 0. The molecule has 0 saturated heterocycles. The molecule has 1 aliphatic rings. The standard InChI is InChI=1S/C13H16N2/c1-13(2)11(12(13)14)9-3-4-10-8(7-9)5-6-15-10/h3-7,11-12,15H,14H2,1-2H3. The molecule has 0 radical (unpaired) electrons. The molecule has 1 fully saturated rings. The maximum atomic E-state index is 6.09.